The fourth-order valence-corrected chi connectivity index (χ4v) is 2.02. The Hall–Kier alpha value is -2.22. The van der Waals surface area contributed by atoms with Crippen molar-refractivity contribution in [1.29, 1.82) is 0 Å². The van der Waals surface area contributed by atoms with E-state index in [0.717, 1.165) is 28.2 Å². The Bertz CT molecular complexity index is 627. The van der Waals surface area contributed by atoms with E-state index in [9.17, 15) is 0 Å². The van der Waals surface area contributed by atoms with E-state index in [0.29, 0.717) is 0 Å². The van der Waals surface area contributed by atoms with Crippen molar-refractivity contribution in [2.45, 2.75) is 20.8 Å². The highest BCUT2D eigenvalue weighted by Crippen LogP contribution is 2.23. The maximum Gasteiger partial charge on any atom is 0.0405 e. The highest BCUT2D eigenvalue weighted by atomic mass is 14.9. The second-order valence-electron chi connectivity index (χ2n) is 4.99. The van der Waals surface area contributed by atoms with E-state index in [1.54, 1.807) is 0 Å². The van der Waals surface area contributed by atoms with Crippen molar-refractivity contribution in [1.82, 2.24) is 0 Å². The van der Waals surface area contributed by atoms with Gasteiger partial charge in [-0.05, 0) is 50.1 Å². The summed E-state index contributed by atoms with van der Waals surface area (Å²) >= 11 is 0. The van der Waals surface area contributed by atoms with Crippen molar-refractivity contribution in [3.05, 3.63) is 65.2 Å². The van der Waals surface area contributed by atoms with Crippen molar-refractivity contribution in [3.8, 4) is 0 Å². The zero-order valence-electron chi connectivity index (χ0n) is 11.7. The molecule has 0 saturated carbocycles. The van der Waals surface area contributed by atoms with Gasteiger partial charge < -0.3 is 11.1 Å². The first-order valence-corrected chi connectivity index (χ1v) is 6.37. The summed E-state index contributed by atoms with van der Waals surface area (Å²) in [4.78, 5) is 0. The van der Waals surface area contributed by atoms with Gasteiger partial charge in [0.05, 0.1) is 0 Å². The van der Waals surface area contributed by atoms with Gasteiger partial charge in [0.1, 0.15) is 0 Å². The van der Waals surface area contributed by atoms with Crippen LogP contribution in [-0.2, 0) is 0 Å². The highest BCUT2D eigenvalue weighted by molar-refractivity contribution is 5.78. The SMILES string of the molecule is C=C(Nc1ccc(C)c(N)c1)c1cc(C)ccc1C. The first-order valence-electron chi connectivity index (χ1n) is 6.37. The van der Waals surface area contributed by atoms with Crippen LogP contribution in [0.2, 0.25) is 0 Å². The van der Waals surface area contributed by atoms with Gasteiger partial charge in [-0.15, -0.1) is 0 Å². The number of hydrogen-bond acceptors (Lipinski definition) is 2. The smallest absolute Gasteiger partial charge is 0.0405 e. The summed E-state index contributed by atoms with van der Waals surface area (Å²) in [7, 11) is 0. The Labute approximate surface area is 115 Å². The van der Waals surface area contributed by atoms with Crippen molar-refractivity contribution >= 4 is 17.1 Å². The van der Waals surface area contributed by atoms with E-state index in [-0.39, 0.29) is 0 Å². The number of nitrogen functional groups attached to an aromatic ring is 1. The highest BCUT2D eigenvalue weighted by Gasteiger charge is 2.04. The summed E-state index contributed by atoms with van der Waals surface area (Å²) in [6, 6.07) is 12.3. The van der Waals surface area contributed by atoms with E-state index in [1.165, 1.54) is 11.1 Å². The van der Waals surface area contributed by atoms with Gasteiger partial charge in [0.2, 0.25) is 0 Å². The number of rotatable bonds is 3. The van der Waals surface area contributed by atoms with E-state index in [1.807, 2.05) is 25.1 Å². The third kappa shape index (κ3) is 2.97. The lowest BCUT2D eigenvalue weighted by molar-refractivity contribution is 1.35. The van der Waals surface area contributed by atoms with Gasteiger partial charge in [-0.2, -0.15) is 0 Å². The fraction of sp³-hybridized carbons (Fsp3) is 0.176. The number of benzene rings is 2. The minimum absolute atomic E-state index is 0.791. The lowest BCUT2D eigenvalue weighted by atomic mass is 10.0. The minimum Gasteiger partial charge on any atom is -0.398 e. The van der Waals surface area contributed by atoms with Crippen molar-refractivity contribution in [2.75, 3.05) is 11.1 Å². The predicted molar refractivity (Wildman–Crippen MR) is 84.2 cm³/mol. The van der Waals surface area contributed by atoms with Crippen molar-refractivity contribution in [2.24, 2.45) is 0 Å². The lowest BCUT2D eigenvalue weighted by Gasteiger charge is -2.14. The average molecular weight is 252 g/mol. The van der Waals surface area contributed by atoms with Gasteiger partial charge in [0.15, 0.2) is 0 Å². The van der Waals surface area contributed by atoms with Crippen LogP contribution in [0.15, 0.2) is 43.0 Å². The van der Waals surface area contributed by atoms with E-state index >= 15 is 0 Å². The van der Waals surface area contributed by atoms with E-state index in [2.05, 4.69) is 43.9 Å². The normalized spacial score (nSPS) is 10.3. The molecule has 0 radical (unpaired) electrons. The third-order valence-electron chi connectivity index (χ3n) is 3.29. The van der Waals surface area contributed by atoms with Gasteiger partial charge in [-0.3, -0.25) is 0 Å². The maximum absolute atomic E-state index is 5.92. The molecule has 0 unspecified atom stereocenters. The minimum atomic E-state index is 0.791. The molecule has 19 heavy (non-hydrogen) atoms. The molecule has 2 aromatic carbocycles. The number of nitrogens with one attached hydrogen (secondary N) is 1. The molecule has 98 valence electrons. The van der Waals surface area contributed by atoms with Gasteiger partial charge in [-0.25, -0.2) is 0 Å². The molecule has 0 bridgehead atoms. The molecule has 0 aliphatic carbocycles. The maximum atomic E-state index is 5.92. The van der Waals surface area contributed by atoms with Crippen molar-refractivity contribution < 1.29 is 0 Å². The van der Waals surface area contributed by atoms with Crippen LogP contribution in [0.4, 0.5) is 11.4 Å². The summed E-state index contributed by atoms with van der Waals surface area (Å²) in [5, 5.41) is 3.32. The molecular formula is C17H20N2. The molecule has 3 N–H and O–H groups in total. The molecule has 0 heterocycles. The van der Waals surface area contributed by atoms with Crippen LogP contribution >= 0.6 is 0 Å². The molecule has 0 spiro atoms. The van der Waals surface area contributed by atoms with E-state index < -0.39 is 0 Å². The van der Waals surface area contributed by atoms with Crippen LogP contribution in [0.3, 0.4) is 0 Å². The Morgan fingerprint density at radius 2 is 1.68 bits per heavy atom. The van der Waals surface area contributed by atoms with Gasteiger partial charge in [0.25, 0.3) is 0 Å². The van der Waals surface area contributed by atoms with Crippen LogP contribution in [0.25, 0.3) is 5.70 Å². The molecule has 0 amide bonds. The largest absolute Gasteiger partial charge is 0.398 e. The molecule has 2 rings (SSSR count). The number of anilines is 2. The molecule has 0 aliphatic rings. The summed E-state index contributed by atoms with van der Waals surface area (Å²) in [6.45, 7) is 10.3. The molecule has 0 fully saturated rings. The molecule has 0 atom stereocenters. The topological polar surface area (TPSA) is 38.0 Å². The third-order valence-corrected chi connectivity index (χ3v) is 3.29. The molecule has 2 aromatic rings. The second-order valence-corrected chi connectivity index (χ2v) is 4.99. The van der Waals surface area contributed by atoms with Gasteiger partial charge in [-0.1, -0.05) is 30.3 Å². The van der Waals surface area contributed by atoms with E-state index in [4.69, 9.17) is 5.73 Å². The molecule has 2 heteroatoms. The first-order chi connectivity index (χ1) is 8.97. The van der Waals surface area contributed by atoms with Crippen LogP contribution in [0.1, 0.15) is 22.3 Å². The molecular weight excluding hydrogens is 232 g/mol. The molecule has 0 aliphatic heterocycles. The second kappa shape index (κ2) is 5.19. The van der Waals surface area contributed by atoms with Gasteiger partial charge >= 0.3 is 0 Å². The molecule has 0 aromatic heterocycles. The lowest BCUT2D eigenvalue weighted by Crippen LogP contribution is -2.01. The number of nitrogens with two attached hydrogens (primary N) is 1. The Morgan fingerprint density at radius 3 is 2.37 bits per heavy atom. The van der Waals surface area contributed by atoms with Crippen LogP contribution in [-0.4, -0.2) is 0 Å². The van der Waals surface area contributed by atoms with Crippen LogP contribution in [0.5, 0.6) is 0 Å². The number of aryl methyl sites for hydroxylation is 3. The standard InChI is InChI=1S/C17H20N2/c1-11-5-6-12(2)16(9-11)14(4)19-15-8-7-13(3)17(18)10-15/h5-10,19H,4,18H2,1-3H3. The zero-order valence-corrected chi connectivity index (χ0v) is 11.7. The van der Waals surface area contributed by atoms with Crippen LogP contribution in [0, 0.1) is 20.8 Å². The van der Waals surface area contributed by atoms with Crippen LogP contribution < -0.4 is 11.1 Å². The zero-order chi connectivity index (χ0) is 14.0. The fourth-order valence-electron chi connectivity index (χ4n) is 2.02. The quantitative estimate of drug-likeness (QED) is 0.800. The monoisotopic (exact) mass is 252 g/mol. The average Bonchev–Trinajstić information content (AvgIpc) is 2.36. The Morgan fingerprint density at radius 1 is 1.00 bits per heavy atom. The molecule has 0 saturated heterocycles. The van der Waals surface area contributed by atoms with Crippen molar-refractivity contribution in [3.63, 3.8) is 0 Å². The Kier molecular flexibility index (Phi) is 3.61. The number of hydrogen-bond donors (Lipinski definition) is 2. The molecule has 2 nitrogen and oxygen atoms in total. The predicted octanol–water partition coefficient (Wildman–Crippen LogP) is 4.28. The summed E-state index contributed by atoms with van der Waals surface area (Å²) in [6.07, 6.45) is 0. The first kappa shape index (κ1) is 13.2. The summed E-state index contributed by atoms with van der Waals surface area (Å²) < 4.78 is 0. The Balaban J connectivity index is 2.25. The summed E-state index contributed by atoms with van der Waals surface area (Å²) in [5.74, 6) is 0. The summed E-state index contributed by atoms with van der Waals surface area (Å²) in [5.41, 5.74) is 13.2. The van der Waals surface area contributed by atoms with Gasteiger partial charge in [0, 0.05) is 22.6 Å².